The molecule has 2 rings (SSSR count). The highest BCUT2D eigenvalue weighted by atomic mass is 14.2. The third-order valence-electron chi connectivity index (χ3n) is 4.47. The van der Waals surface area contributed by atoms with Crippen molar-refractivity contribution < 1.29 is 0 Å². The molecule has 0 spiro atoms. The molecule has 1 saturated carbocycles. The molecule has 122 valence electrons. The lowest BCUT2D eigenvalue weighted by molar-refractivity contribution is 0.348. The molecule has 0 heterocycles. The minimum Gasteiger partial charge on any atom is -0.0948 e. The number of hydrogen-bond donors (Lipinski definition) is 0. The smallest absolute Gasteiger partial charge is 0.0245 e. The summed E-state index contributed by atoms with van der Waals surface area (Å²) in [4.78, 5) is 0. The van der Waals surface area contributed by atoms with Gasteiger partial charge < -0.3 is 0 Å². The van der Waals surface area contributed by atoms with Crippen LogP contribution in [0.25, 0.3) is 0 Å². The summed E-state index contributed by atoms with van der Waals surface area (Å²) in [5.41, 5.74) is 2.68. The van der Waals surface area contributed by atoms with Gasteiger partial charge in [0, 0.05) is 11.5 Å². The number of benzene rings is 1. The molecule has 1 aromatic rings. The van der Waals surface area contributed by atoms with Gasteiger partial charge in [0.15, 0.2) is 0 Å². The monoisotopic (exact) mass is 298 g/mol. The maximum Gasteiger partial charge on any atom is 0.0245 e. The molecule has 0 aromatic heterocycles. The molecule has 0 aliphatic heterocycles. The number of rotatable bonds is 2. The van der Waals surface area contributed by atoms with Crippen LogP contribution in [0.5, 0.6) is 0 Å². The predicted octanol–water partition coefficient (Wildman–Crippen LogP) is 6.79. The molecule has 1 aromatic carbocycles. The molecular weight excluding hydrogens is 264 g/mol. The van der Waals surface area contributed by atoms with Gasteiger partial charge in [0.1, 0.15) is 0 Å². The van der Waals surface area contributed by atoms with E-state index in [0.29, 0.717) is 5.92 Å². The van der Waals surface area contributed by atoms with Crippen LogP contribution >= 0.6 is 0 Å². The maximum atomic E-state index is 3.30. The predicted molar refractivity (Wildman–Crippen MR) is 99.1 cm³/mol. The Bertz CT molecular complexity index is 449. The van der Waals surface area contributed by atoms with Crippen molar-refractivity contribution in [2.75, 3.05) is 0 Å². The Morgan fingerprint density at radius 3 is 2.05 bits per heavy atom. The fraction of sp³-hybridized carbons (Fsp3) is 0.636. The third kappa shape index (κ3) is 6.69. The van der Waals surface area contributed by atoms with Crippen LogP contribution in [0.4, 0.5) is 0 Å². The van der Waals surface area contributed by atoms with Gasteiger partial charge in [-0.3, -0.25) is 0 Å². The molecule has 1 atom stereocenters. The van der Waals surface area contributed by atoms with Crippen molar-refractivity contribution in [2.24, 2.45) is 11.8 Å². The van der Waals surface area contributed by atoms with Crippen molar-refractivity contribution in [2.45, 2.75) is 79.1 Å². The van der Waals surface area contributed by atoms with E-state index in [0.717, 1.165) is 23.8 Å². The van der Waals surface area contributed by atoms with Gasteiger partial charge in [-0.15, -0.1) is 0 Å². The summed E-state index contributed by atoms with van der Waals surface area (Å²) in [5, 5.41) is 0. The third-order valence-corrected chi connectivity index (χ3v) is 4.47. The van der Waals surface area contributed by atoms with Gasteiger partial charge in [-0.05, 0) is 48.8 Å². The van der Waals surface area contributed by atoms with Crippen LogP contribution in [-0.2, 0) is 0 Å². The molecule has 0 heteroatoms. The van der Waals surface area contributed by atoms with E-state index < -0.39 is 0 Å². The van der Waals surface area contributed by atoms with Crippen molar-refractivity contribution in [1.29, 1.82) is 0 Å². The van der Waals surface area contributed by atoms with Gasteiger partial charge >= 0.3 is 0 Å². The molecule has 1 aliphatic rings. The van der Waals surface area contributed by atoms with E-state index in [9.17, 15) is 0 Å². The fourth-order valence-electron chi connectivity index (χ4n) is 2.74. The van der Waals surface area contributed by atoms with E-state index in [1.54, 1.807) is 0 Å². The van der Waals surface area contributed by atoms with Gasteiger partial charge in [0.05, 0.1) is 0 Å². The number of hydrogen-bond acceptors (Lipinski definition) is 0. The van der Waals surface area contributed by atoms with Crippen LogP contribution in [0.3, 0.4) is 0 Å². The van der Waals surface area contributed by atoms with Crippen molar-refractivity contribution in [3.63, 3.8) is 0 Å². The largest absolute Gasteiger partial charge is 0.0948 e. The zero-order chi connectivity index (χ0) is 16.4. The van der Waals surface area contributed by atoms with Gasteiger partial charge in [-0.2, -0.15) is 0 Å². The quantitative estimate of drug-likeness (QED) is 0.527. The van der Waals surface area contributed by atoms with Gasteiger partial charge in [-0.1, -0.05) is 77.9 Å². The van der Waals surface area contributed by atoms with Gasteiger partial charge in [-0.25, -0.2) is 0 Å². The molecular formula is C22H34. The molecule has 1 fully saturated rings. The van der Waals surface area contributed by atoms with E-state index in [2.05, 4.69) is 70.7 Å². The van der Waals surface area contributed by atoms with Crippen molar-refractivity contribution in [3.05, 3.63) is 35.4 Å². The molecule has 0 nitrogen and oxygen atoms in total. The van der Waals surface area contributed by atoms with Gasteiger partial charge in [0.2, 0.25) is 0 Å². The fourth-order valence-corrected chi connectivity index (χ4v) is 2.74. The molecule has 0 radical (unpaired) electrons. The summed E-state index contributed by atoms with van der Waals surface area (Å²) in [7, 11) is 0. The average Bonchev–Trinajstić information content (AvgIpc) is 2.54. The summed E-state index contributed by atoms with van der Waals surface area (Å²) in [6, 6.07) is 8.98. The minimum absolute atomic E-state index is 0.500. The Morgan fingerprint density at radius 2 is 1.55 bits per heavy atom. The summed E-state index contributed by atoms with van der Waals surface area (Å²) in [6.07, 6.45) is 7.88. The van der Waals surface area contributed by atoms with E-state index >= 15 is 0 Å². The van der Waals surface area contributed by atoms with E-state index in [-0.39, 0.29) is 0 Å². The van der Waals surface area contributed by atoms with E-state index in [4.69, 9.17) is 0 Å². The second-order valence-electron chi connectivity index (χ2n) is 6.86. The lowest BCUT2D eigenvalue weighted by Crippen LogP contribution is -2.10. The highest BCUT2D eigenvalue weighted by Gasteiger charge is 2.19. The van der Waals surface area contributed by atoms with Crippen LogP contribution < -0.4 is 0 Å². The molecule has 22 heavy (non-hydrogen) atoms. The van der Waals surface area contributed by atoms with Crippen LogP contribution in [0.2, 0.25) is 0 Å². The van der Waals surface area contributed by atoms with Crippen molar-refractivity contribution in [1.82, 2.24) is 0 Å². The Labute approximate surface area is 138 Å². The van der Waals surface area contributed by atoms with Crippen molar-refractivity contribution >= 4 is 0 Å². The van der Waals surface area contributed by atoms with E-state index in [1.165, 1.54) is 37.7 Å². The molecule has 0 bridgehead atoms. The Kier molecular flexibility index (Phi) is 8.98. The molecule has 1 unspecified atom stereocenters. The molecule has 0 amide bonds. The van der Waals surface area contributed by atoms with E-state index in [1.807, 2.05) is 0 Å². The standard InChI is InChI=1S/C19H26.C3H8/c1-4-15(2)5-8-17-9-13-19(14-10-17)18-11-6-16(3)7-12-18;1-3-2/h9-10,13-16,18H,4,6-7,11-12H2,1-3H3;3H2,1-2H3. The minimum atomic E-state index is 0.500. The lowest BCUT2D eigenvalue weighted by atomic mass is 9.79. The summed E-state index contributed by atoms with van der Waals surface area (Å²) < 4.78 is 0. The van der Waals surface area contributed by atoms with Gasteiger partial charge in [0.25, 0.3) is 0 Å². The van der Waals surface area contributed by atoms with Crippen LogP contribution in [-0.4, -0.2) is 0 Å². The lowest BCUT2D eigenvalue weighted by Gasteiger charge is -2.26. The first-order chi connectivity index (χ1) is 10.6. The SMILES string of the molecule is CCC.CCC(C)C#Cc1ccc(C2CCC(C)CC2)cc1. The molecule has 0 saturated heterocycles. The first-order valence-electron chi connectivity index (χ1n) is 9.22. The summed E-state index contributed by atoms with van der Waals surface area (Å²) in [5.74, 6) is 8.80. The highest BCUT2D eigenvalue weighted by Crippen LogP contribution is 2.35. The second kappa shape index (κ2) is 10.5. The highest BCUT2D eigenvalue weighted by molar-refractivity contribution is 5.37. The topological polar surface area (TPSA) is 0 Å². The first-order valence-corrected chi connectivity index (χ1v) is 9.22. The first kappa shape index (κ1) is 18.8. The summed E-state index contributed by atoms with van der Waals surface area (Å²) >= 11 is 0. The zero-order valence-corrected chi connectivity index (χ0v) is 15.3. The van der Waals surface area contributed by atoms with Crippen LogP contribution in [0, 0.1) is 23.7 Å². The average molecular weight is 299 g/mol. The van der Waals surface area contributed by atoms with Crippen molar-refractivity contribution in [3.8, 4) is 11.8 Å². The van der Waals surface area contributed by atoms with Crippen LogP contribution in [0.15, 0.2) is 24.3 Å². The Morgan fingerprint density at radius 1 is 1.00 bits per heavy atom. The molecule has 0 N–H and O–H groups in total. The summed E-state index contributed by atoms with van der Waals surface area (Å²) in [6.45, 7) is 11.0. The second-order valence-corrected chi connectivity index (χ2v) is 6.86. The van der Waals surface area contributed by atoms with Crippen LogP contribution in [0.1, 0.15) is 90.2 Å². The maximum absolute atomic E-state index is 3.30. The molecule has 1 aliphatic carbocycles. The Hall–Kier alpha value is -1.22. The normalized spacial score (nSPS) is 21.9. The zero-order valence-electron chi connectivity index (χ0n) is 15.3. The Balaban J connectivity index is 0.000000745.